The molecule has 2 aromatic rings. The van der Waals surface area contributed by atoms with E-state index in [4.69, 9.17) is 14.2 Å². The molecule has 0 saturated heterocycles. The molecule has 0 aliphatic carbocycles. The van der Waals surface area contributed by atoms with Gasteiger partial charge < -0.3 is 29.3 Å². The molecule has 0 spiro atoms. The second-order valence-corrected chi connectivity index (χ2v) is 9.33. The minimum Gasteiger partial charge on any atom is -0.491 e. The second-order valence-electron chi connectivity index (χ2n) is 9.33. The number of hydrogen-bond acceptors (Lipinski definition) is 7. The lowest BCUT2D eigenvalue weighted by Crippen LogP contribution is -2.49. The zero-order valence-corrected chi connectivity index (χ0v) is 22.1. The van der Waals surface area contributed by atoms with Gasteiger partial charge in [-0.05, 0) is 31.2 Å². The van der Waals surface area contributed by atoms with Gasteiger partial charge in [-0.3, -0.25) is 19.4 Å². The number of anilines is 1. The summed E-state index contributed by atoms with van der Waals surface area (Å²) in [6.07, 6.45) is 1.55. The van der Waals surface area contributed by atoms with E-state index >= 15 is 0 Å². The number of benzene rings is 1. The van der Waals surface area contributed by atoms with E-state index in [0.717, 1.165) is 0 Å². The van der Waals surface area contributed by atoms with Crippen LogP contribution in [0.3, 0.4) is 0 Å². The Morgan fingerprint density at radius 3 is 2.62 bits per heavy atom. The monoisotopic (exact) mass is 512 g/mol. The largest absolute Gasteiger partial charge is 0.491 e. The third kappa shape index (κ3) is 7.50. The number of amides is 3. The number of likely N-dealkylation sites (N-methyl/N-ethyl adjacent to an activating group) is 1. The molecule has 1 aromatic carbocycles. The van der Waals surface area contributed by atoms with E-state index in [-0.39, 0.29) is 55.4 Å². The van der Waals surface area contributed by atoms with Crippen molar-refractivity contribution in [3.63, 3.8) is 0 Å². The first kappa shape index (κ1) is 28.1. The first-order chi connectivity index (χ1) is 17.7. The van der Waals surface area contributed by atoms with Crippen LogP contribution in [0, 0.1) is 5.92 Å². The third-order valence-electron chi connectivity index (χ3n) is 6.38. The topological polar surface area (TPSA) is 110 Å². The van der Waals surface area contributed by atoms with Gasteiger partial charge in [0.15, 0.2) is 0 Å². The molecule has 10 heteroatoms. The van der Waals surface area contributed by atoms with Gasteiger partial charge in [-0.25, -0.2) is 0 Å². The third-order valence-corrected chi connectivity index (χ3v) is 6.38. The van der Waals surface area contributed by atoms with Crippen molar-refractivity contribution in [2.45, 2.75) is 32.4 Å². The van der Waals surface area contributed by atoms with Crippen LogP contribution in [0.1, 0.15) is 29.9 Å². The van der Waals surface area contributed by atoms with E-state index in [2.05, 4.69) is 10.3 Å². The maximum absolute atomic E-state index is 13.4. The van der Waals surface area contributed by atoms with Crippen molar-refractivity contribution in [2.24, 2.45) is 5.92 Å². The molecular formula is C27H36N4O6. The highest BCUT2D eigenvalue weighted by Crippen LogP contribution is 2.27. The van der Waals surface area contributed by atoms with Gasteiger partial charge in [-0.1, -0.05) is 13.0 Å². The van der Waals surface area contributed by atoms with Crippen LogP contribution in [0.2, 0.25) is 0 Å². The molecule has 1 aromatic heterocycles. The number of methoxy groups -OCH3 is 2. The average Bonchev–Trinajstić information content (AvgIpc) is 2.88. The summed E-state index contributed by atoms with van der Waals surface area (Å²) in [4.78, 5) is 46.4. The van der Waals surface area contributed by atoms with E-state index in [1.54, 1.807) is 48.4 Å². The molecule has 0 fully saturated rings. The molecule has 200 valence electrons. The zero-order chi connectivity index (χ0) is 26.9. The predicted molar refractivity (Wildman–Crippen MR) is 138 cm³/mol. The van der Waals surface area contributed by atoms with Crippen LogP contribution in [-0.4, -0.2) is 92.2 Å². The zero-order valence-electron chi connectivity index (χ0n) is 22.1. The summed E-state index contributed by atoms with van der Waals surface area (Å²) in [5, 5.41) is 2.73. The minimum atomic E-state index is -0.323. The number of carbonyl (C=O) groups is 3. The number of rotatable bonds is 6. The number of aromatic nitrogens is 1. The maximum atomic E-state index is 13.4. The highest BCUT2D eigenvalue weighted by Gasteiger charge is 2.30. The summed E-state index contributed by atoms with van der Waals surface area (Å²) in [7, 11) is 4.75. The highest BCUT2D eigenvalue weighted by molar-refractivity contribution is 5.98. The van der Waals surface area contributed by atoms with Crippen molar-refractivity contribution < 1.29 is 28.6 Å². The highest BCUT2D eigenvalue weighted by atomic mass is 16.5. The van der Waals surface area contributed by atoms with Crippen LogP contribution in [0.5, 0.6) is 5.75 Å². The molecule has 0 saturated carbocycles. The normalized spacial score (nSPS) is 20.8. The number of nitrogens with one attached hydrogen (secondary N) is 1. The van der Waals surface area contributed by atoms with E-state index < -0.39 is 0 Å². The Bertz CT molecular complexity index is 1080. The lowest BCUT2D eigenvalue weighted by atomic mass is 10.0. The first-order valence-electron chi connectivity index (χ1n) is 12.3. The van der Waals surface area contributed by atoms with E-state index in [1.165, 1.54) is 7.11 Å². The maximum Gasteiger partial charge on any atom is 0.257 e. The summed E-state index contributed by atoms with van der Waals surface area (Å²) in [5.74, 6) is -0.351. The standard InChI is InChI=1S/C27H36N4O6/c1-18-14-31(26(33)13-20-8-6-7-11-28-20)19(2)16-37-23-12-21(29-25(32)17-35-4)9-10-22(23)27(34)30(3)15-24(18)36-5/h6-12,18-19,24H,13-17H2,1-5H3,(H,29,32)/t18-,19-,24-/m0/s1. The Morgan fingerprint density at radius 1 is 1.16 bits per heavy atom. The Morgan fingerprint density at radius 2 is 1.95 bits per heavy atom. The molecule has 3 amide bonds. The summed E-state index contributed by atoms with van der Waals surface area (Å²) in [6, 6.07) is 10.1. The van der Waals surface area contributed by atoms with Gasteiger partial charge in [0.25, 0.3) is 5.91 Å². The van der Waals surface area contributed by atoms with Crippen LogP contribution in [0.4, 0.5) is 5.69 Å². The van der Waals surface area contributed by atoms with Crippen molar-refractivity contribution in [2.75, 3.05) is 52.9 Å². The average molecular weight is 513 g/mol. The fraction of sp³-hybridized carbons (Fsp3) is 0.481. The summed E-state index contributed by atoms with van der Waals surface area (Å²) >= 11 is 0. The Hall–Kier alpha value is -3.50. The van der Waals surface area contributed by atoms with Crippen molar-refractivity contribution in [1.29, 1.82) is 0 Å². The quantitative estimate of drug-likeness (QED) is 0.632. The van der Waals surface area contributed by atoms with E-state index in [9.17, 15) is 14.4 Å². The van der Waals surface area contributed by atoms with Gasteiger partial charge in [0.2, 0.25) is 11.8 Å². The Labute approximate surface area is 217 Å². The Kier molecular flexibility index (Phi) is 9.99. The van der Waals surface area contributed by atoms with Gasteiger partial charge in [-0.15, -0.1) is 0 Å². The molecule has 3 atom stereocenters. The molecule has 2 heterocycles. The molecule has 1 aliphatic rings. The molecular weight excluding hydrogens is 476 g/mol. The fourth-order valence-corrected chi connectivity index (χ4v) is 4.28. The van der Waals surface area contributed by atoms with Crippen molar-refractivity contribution in [3.8, 4) is 5.75 Å². The van der Waals surface area contributed by atoms with E-state index in [0.29, 0.717) is 35.8 Å². The lowest BCUT2D eigenvalue weighted by molar-refractivity contribution is -0.134. The number of nitrogens with zero attached hydrogens (tertiary/aromatic N) is 3. The van der Waals surface area contributed by atoms with Crippen molar-refractivity contribution in [3.05, 3.63) is 53.9 Å². The number of carbonyl (C=O) groups excluding carboxylic acids is 3. The van der Waals surface area contributed by atoms with Crippen LogP contribution in [0.15, 0.2) is 42.6 Å². The number of fused-ring (bicyclic) bond motifs is 1. The van der Waals surface area contributed by atoms with Crippen LogP contribution < -0.4 is 10.1 Å². The predicted octanol–water partition coefficient (Wildman–Crippen LogP) is 2.24. The van der Waals surface area contributed by atoms with Gasteiger partial charge in [0.1, 0.15) is 19.0 Å². The minimum absolute atomic E-state index is 0.0485. The van der Waals surface area contributed by atoms with Crippen LogP contribution in [-0.2, 0) is 25.5 Å². The molecule has 1 aliphatic heterocycles. The molecule has 3 rings (SSSR count). The summed E-state index contributed by atoms with van der Waals surface area (Å²) in [5.41, 5.74) is 1.52. The molecule has 0 unspecified atom stereocenters. The first-order valence-corrected chi connectivity index (χ1v) is 12.3. The fourth-order valence-electron chi connectivity index (χ4n) is 4.28. The summed E-state index contributed by atoms with van der Waals surface area (Å²) < 4.78 is 16.7. The SMILES string of the molecule is COCC(=O)Nc1ccc2c(c1)OC[C@H](C)N(C(=O)Cc1ccccn1)C[C@H](C)[C@@H](OC)CN(C)C2=O. The molecule has 37 heavy (non-hydrogen) atoms. The number of pyridine rings is 1. The van der Waals surface area contributed by atoms with Crippen LogP contribution >= 0.6 is 0 Å². The van der Waals surface area contributed by atoms with Crippen molar-refractivity contribution >= 4 is 23.4 Å². The van der Waals surface area contributed by atoms with Gasteiger partial charge >= 0.3 is 0 Å². The smallest absolute Gasteiger partial charge is 0.257 e. The van der Waals surface area contributed by atoms with Crippen molar-refractivity contribution in [1.82, 2.24) is 14.8 Å². The van der Waals surface area contributed by atoms with Gasteiger partial charge in [0, 0.05) is 63.9 Å². The van der Waals surface area contributed by atoms with E-state index in [1.807, 2.05) is 32.0 Å². The second kappa shape index (κ2) is 13.2. The number of ether oxygens (including phenoxy) is 3. The molecule has 1 N–H and O–H groups in total. The summed E-state index contributed by atoms with van der Waals surface area (Å²) in [6.45, 7) is 4.73. The lowest BCUT2D eigenvalue weighted by Gasteiger charge is -2.36. The molecule has 0 radical (unpaired) electrons. The van der Waals surface area contributed by atoms with Crippen LogP contribution in [0.25, 0.3) is 0 Å². The molecule has 10 nitrogen and oxygen atoms in total. The Balaban J connectivity index is 1.93. The molecule has 0 bridgehead atoms. The van der Waals surface area contributed by atoms with Gasteiger partial charge in [-0.2, -0.15) is 0 Å². The van der Waals surface area contributed by atoms with Gasteiger partial charge in [0.05, 0.1) is 24.1 Å². The number of hydrogen-bond donors (Lipinski definition) is 1.